The van der Waals surface area contributed by atoms with Gasteiger partial charge in [0, 0.05) is 25.5 Å². The molecule has 0 saturated carbocycles. The Labute approximate surface area is 129 Å². The number of para-hydroxylation sites is 1. The van der Waals surface area contributed by atoms with Crippen LogP contribution in [0.3, 0.4) is 0 Å². The first-order chi connectivity index (χ1) is 10.8. The third-order valence-electron chi connectivity index (χ3n) is 3.75. The van der Waals surface area contributed by atoms with Gasteiger partial charge in [0.15, 0.2) is 6.10 Å². The van der Waals surface area contributed by atoms with E-state index in [0.29, 0.717) is 31.2 Å². The van der Waals surface area contributed by atoms with Gasteiger partial charge in [0.25, 0.3) is 5.91 Å². The lowest BCUT2D eigenvalue weighted by Gasteiger charge is -2.10. The van der Waals surface area contributed by atoms with Crippen LogP contribution < -0.4 is 10.1 Å². The smallest absolute Gasteiger partial charge is 0.269 e. The zero-order valence-corrected chi connectivity index (χ0v) is 12.4. The Morgan fingerprint density at radius 3 is 3.00 bits per heavy atom. The average Bonchev–Trinajstić information content (AvgIpc) is 3.23. The molecule has 1 N–H and O–H groups in total. The molecule has 2 atom stereocenters. The molecule has 2 aliphatic heterocycles. The molecule has 1 aromatic carbocycles. The number of hydrogen-bond donors (Lipinski definition) is 1. The van der Waals surface area contributed by atoms with Crippen LogP contribution in [0.5, 0.6) is 5.75 Å². The van der Waals surface area contributed by atoms with Gasteiger partial charge in [-0.2, -0.15) is 0 Å². The summed E-state index contributed by atoms with van der Waals surface area (Å²) in [4.78, 5) is 17.3. The molecular weight excluding hydrogens is 284 g/mol. The first kappa shape index (κ1) is 14.8. The van der Waals surface area contributed by atoms with Crippen LogP contribution in [-0.4, -0.2) is 44.1 Å². The summed E-state index contributed by atoms with van der Waals surface area (Å²) < 4.78 is 10.9. The highest BCUT2D eigenvalue weighted by atomic mass is 16.7. The lowest BCUT2D eigenvalue weighted by atomic mass is 10.1. The maximum atomic E-state index is 12.0. The fourth-order valence-electron chi connectivity index (χ4n) is 2.44. The first-order valence-corrected chi connectivity index (χ1v) is 7.58. The van der Waals surface area contributed by atoms with E-state index >= 15 is 0 Å². The predicted molar refractivity (Wildman–Crippen MR) is 80.8 cm³/mol. The van der Waals surface area contributed by atoms with Crippen LogP contribution in [0.2, 0.25) is 0 Å². The van der Waals surface area contributed by atoms with Crippen molar-refractivity contribution in [2.24, 2.45) is 11.1 Å². The number of carbonyl (C=O) groups excluding carboxylic acids is 1. The second-order valence-electron chi connectivity index (χ2n) is 5.53. The number of amides is 1. The van der Waals surface area contributed by atoms with Gasteiger partial charge in [-0.3, -0.25) is 4.79 Å². The van der Waals surface area contributed by atoms with Gasteiger partial charge < -0.3 is 19.6 Å². The van der Waals surface area contributed by atoms with Gasteiger partial charge in [0.2, 0.25) is 0 Å². The van der Waals surface area contributed by atoms with Crippen molar-refractivity contribution in [3.8, 4) is 5.75 Å². The predicted octanol–water partition coefficient (Wildman–Crippen LogP) is 1.36. The summed E-state index contributed by atoms with van der Waals surface area (Å²) in [5.41, 5.74) is 0.431. The molecular formula is C16H20N2O4. The zero-order valence-electron chi connectivity index (χ0n) is 12.4. The van der Waals surface area contributed by atoms with Crippen molar-refractivity contribution in [1.82, 2.24) is 5.32 Å². The van der Waals surface area contributed by atoms with Crippen LogP contribution in [0.25, 0.3) is 0 Å². The number of hydrogen-bond acceptors (Lipinski definition) is 5. The Kier molecular flexibility index (Phi) is 4.90. The summed E-state index contributed by atoms with van der Waals surface area (Å²) in [5, 5.41) is 6.76. The summed E-state index contributed by atoms with van der Waals surface area (Å²) >= 11 is 0. The van der Waals surface area contributed by atoms with E-state index in [-0.39, 0.29) is 12.0 Å². The Bertz CT molecular complexity index is 526. The Hall–Kier alpha value is -2.08. The van der Waals surface area contributed by atoms with Gasteiger partial charge in [-0.1, -0.05) is 23.4 Å². The Morgan fingerprint density at radius 1 is 1.36 bits per heavy atom. The highest BCUT2D eigenvalue weighted by Crippen LogP contribution is 2.15. The molecule has 0 bridgehead atoms. The highest BCUT2D eigenvalue weighted by Gasteiger charge is 2.27. The highest BCUT2D eigenvalue weighted by molar-refractivity contribution is 6.39. The molecule has 0 spiro atoms. The van der Waals surface area contributed by atoms with Crippen LogP contribution in [0.4, 0.5) is 0 Å². The minimum atomic E-state index is -0.212. The molecule has 0 aliphatic carbocycles. The van der Waals surface area contributed by atoms with E-state index in [1.54, 1.807) is 0 Å². The van der Waals surface area contributed by atoms with Crippen LogP contribution in [0.1, 0.15) is 12.8 Å². The molecule has 1 saturated heterocycles. The van der Waals surface area contributed by atoms with Crippen molar-refractivity contribution in [3.63, 3.8) is 0 Å². The summed E-state index contributed by atoms with van der Waals surface area (Å²) in [6, 6.07) is 9.51. The van der Waals surface area contributed by atoms with Crippen LogP contribution in [0, 0.1) is 5.92 Å². The number of carbonyl (C=O) groups is 1. The molecule has 1 aromatic rings. The molecule has 2 unspecified atom stereocenters. The molecule has 22 heavy (non-hydrogen) atoms. The topological polar surface area (TPSA) is 69.2 Å². The van der Waals surface area contributed by atoms with Gasteiger partial charge in [-0.05, 0) is 18.6 Å². The molecule has 0 radical (unpaired) electrons. The zero-order chi connectivity index (χ0) is 15.2. The van der Waals surface area contributed by atoms with E-state index in [1.165, 1.54) is 0 Å². The molecule has 1 fully saturated rings. The van der Waals surface area contributed by atoms with Crippen molar-refractivity contribution >= 4 is 11.6 Å². The van der Waals surface area contributed by atoms with Gasteiger partial charge in [0.05, 0.1) is 6.61 Å². The summed E-state index contributed by atoms with van der Waals surface area (Å²) in [6.45, 7) is 2.50. The van der Waals surface area contributed by atoms with Crippen LogP contribution >= 0.6 is 0 Å². The maximum Gasteiger partial charge on any atom is 0.269 e. The van der Waals surface area contributed by atoms with E-state index < -0.39 is 0 Å². The minimum Gasteiger partial charge on any atom is -0.490 e. The van der Waals surface area contributed by atoms with Crippen molar-refractivity contribution in [1.29, 1.82) is 0 Å². The fraction of sp³-hybridized carbons (Fsp3) is 0.500. The van der Waals surface area contributed by atoms with Crippen molar-refractivity contribution in [3.05, 3.63) is 30.3 Å². The Balaban J connectivity index is 1.38. The third kappa shape index (κ3) is 3.98. The van der Waals surface area contributed by atoms with Crippen LogP contribution in [0.15, 0.2) is 35.5 Å². The summed E-state index contributed by atoms with van der Waals surface area (Å²) in [7, 11) is 0. The second-order valence-corrected chi connectivity index (χ2v) is 5.53. The fourth-order valence-corrected chi connectivity index (χ4v) is 2.44. The number of ether oxygens (including phenoxy) is 2. The molecule has 6 nitrogen and oxygen atoms in total. The van der Waals surface area contributed by atoms with E-state index in [2.05, 4.69) is 10.5 Å². The van der Waals surface area contributed by atoms with E-state index in [1.807, 2.05) is 30.3 Å². The van der Waals surface area contributed by atoms with Gasteiger partial charge in [-0.15, -0.1) is 0 Å². The quantitative estimate of drug-likeness (QED) is 0.861. The lowest BCUT2D eigenvalue weighted by Crippen LogP contribution is -2.35. The number of oxime groups is 1. The monoisotopic (exact) mass is 304 g/mol. The van der Waals surface area contributed by atoms with Crippen molar-refractivity contribution < 1.29 is 19.1 Å². The molecule has 2 aliphatic rings. The normalized spacial score (nSPS) is 23.7. The summed E-state index contributed by atoms with van der Waals surface area (Å²) in [6.07, 6.45) is 1.26. The van der Waals surface area contributed by atoms with E-state index in [0.717, 1.165) is 25.4 Å². The minimum absolute atomic E-state index is 0.158. The lowest BCUT2D eigenvalue weighted by molar-refractivity contribution is -0.115. The summed E-state index contributed by atoms with van der Waals surface area (Å²) in [5.74, 6) is 1.03. The largest absolute Gasteiger partial charge is 0.490 e. The average molecular weight is 304 g/mol. The van der Waals surface area contributed by atoms with E-state index in [9.17, 15) is 4.79 Å². The molecule has 118 valence electrons. The van der Waals surface area contributed by atoms with Gasteiger partial charge in [0.1, 0.15) is 18.1 Å². The molecule has 1 amide bonds. The number of nitrogens with zero attached hydrogens (tertiary/aromatic N) is 1. The number of nitrogens with one attached hydrogen (secondary N) is 1. The van der Waals surface area contributed by atoms with Gasteiger partial charge >= 0.3 is 0 Å². The molecule has 0 aromatic heterocycles. The second kappa shape index (κ2) is 7.26. The molecule has 3 rings (SSSR count). The van der Waals surface area contributed by atoms with Crippen LogP contribution in [-0.2, 0) is 14.4 Å². The van der Waals surface area contributed by atoms with Crippen molar-refractivity contribution in [2.45, 2.75) is 18.9 Å². The van der Waals surface area contributed by atoms with Crippen molar-refractivity contribution in [2.75, 3.05) is 26.4 Å². The standard InChI is InChI=1S/C16H20N2O4/c19-16(17-9-12-6-7-20-10-12)15-8-14(22-18-15)11-21-13-4-2-1-3-5-13/h1-5,12,14H,6-11H2,(H,17,19). The maximum absolute atomic E-state index is 12.0. The Morgan fingerprint density at radius 2 is 2.23 bits per heavy atom. The number of benzene rings is 1. The third-order valence-corrected chi connectivity index (χ3v) is 3.75. The molecule has 2 heterocycles. The SMILES string of the molecule is O=C(NCC1CCOC1)C1=NOC(COc2ccccc2)C1. The first-order valence-electron chi connectivity index (χ1n) is 7.58. The van der Waals surface area contributed by atoms with E-state index in [4.69, 9.17) is 14.3 Å². The molecule has 6 heteroatoms. The van der Waals surface area contributed by atoms with Gasteiger partial charge in [-0.25, -0.2) is 0 Å². The number of rotatable bonds is 6.